The Hall–Kier alpha value is -1.68. The van der Waals surface area contributed by atoms with E-state index in [0.717, 1.165) is 34.6 Å². The standard InChI is InChI=1S/C15H15ClN2O2/c16-7-15(2-3-15)8-18-14-11-6-13-12(19-9-20-13)5-10(11)1-4-17-14/h1,4-6H,2-3,7-9H2,(H,17,18). The minimum absolute atomic E-state index is 0.266. The lowest BCUT2D eigenvalue weighted by atomic mass is 10.1. The quantitative estimate of drug-likeness (QED) is 0.877. The normalized spacial score (nSPS) is 18.2. The molecular formula is C15H15ClN2O2. The average Bonchev–Trinajstić information content (AvgIpc) is 3.13. The lowest BCUT2D eigenvalue weighted by molar-refractivity contribution is 0.174. The van der Waals surface area contributed by atoms with Crippen LogP contribution >= 0.6 is 11.6 Å². The summed E-state index contributed by atoms with van der Waals surface area (Å²) in [6.45, 7) is 1.16. The molecule has 1 aliphatic heterocycles. The number of nitrogens with zero attached hydrogens (tertiary/aromatic N) is 1. The number of hydrogen-bond donors (Lipinski definition) is 1. The van der Waals surface area contributed by atoms with Crippen molar-refractivity contribution in [3.63, 3.8) is 0 Å². The number of benzene rings is 1. The molecule has 2 aromatic rings. The van der Waals surface area contributed by atoms with E-state index in [4.69, 9.17) is 21.1 Å². The molecule has 1 N–H and O–H groups in total. The first-order valence-corrected chi connectivity index (χ1v) is 7.31. The molecule has 0 spiro atoms. The van der Waals surface area contributed by atoms with Gasteiger partial charge >= 0.3 is 0 Å². The number of anilines is 1. The Morgan fingerprint density at radius 1 is 1.25 bits per heavy atom. The van der Waals surface area contributed by atoms with Gasteiger partial charge in [-0.2, -0.15) is 0 Å². The Morgan fingerprint density at radius 2 is 2.05 bits per heavy atom. The van der Waals surface area contributed by atoms with Gasteiger partial charge in [-0.05, 0) is 36.4 Å². The van der Waals surface area contributed by atoms with Crippen molar-refractivity contribution in [2.75, 3.05) is 24.5 Å². The Morgan fingerprint density at radius 3 is 2.80 bits per heavy atom. The summed E-state index contributed by atoms with van der Waals surface area (Å²) in [6.07, 6.45) is 4.20. The molecule has 0 amide bonds. The molecule has 4 nitrogen and oxygen atoms in total. The van der Waals surface area contributed by atoms with E-state index < -0.39 is 0 Å². The highest BCUT2D eigenvalue weighted by molar-refractivity contribution is 6.18. The maximum absolute atomic E-state index is 6.02. The van der Waals surface area contributed by atoms with E-state index in [9.17, 15) is 0 Å². The third-order valence-electron chi connectivity index (χ3n) is 4.13. The zero-order valence-electron chi connectivity index (χ0n) is 11.0. The third kappa shape index (κ3) is 1.95. The minimum Gasteiger partial charge on any atom is -0.454 e. The van der Waals surface area contributed by atoms with Crippen LogP contribution in [-0.4, -0.2) is 24.2 Å². The van der Waals surface area contributed by atoms with Crippen molar-refractivity contribution in [1.29, 1.82) is 0 Å². The van der Waals surface area contributed by atoms with Crippen molar-refractivity contribution in [1.82, 2.24) is 4.98 Å². The smallest absolute Gasteiger partial charge is 0.231 e. The molecule has 4 rings (SSSR count). The van der Waals surface area contributed by atoms with Crippen LogP contribution < -0.4 is 14.8 Å². The molecule has 1 saturated carbocycles. The van der Waals surface area contributed by atoms with Gasteiger partial charge in [0.25, 0.3) is 0 Å². The molecule has 0 saturated heterocycles. The number of rotatable bonds is 4. The maximum Gasteiger partial charge on any atom is 0.231 e. The van der Waals surface area contributed by atoms with Crippen LogP contribution in [-0.2, 0) is 0 Å². The number of hydrogen-bond acceptors (Lipinski definition) is 4. The Labute approximate surface area is 122 Å². The monoisotopic (exact) mass is 290 g/mol. The van der Waals surface area contributed by atoms with Crippen molar-refractivity contribution < 1.29 is 9.47 Å². The van der Waals surface area contributed by atoms with Gasteiger partial charge < -0.3 is 14.8 Å². The zero-order valence-corrected chi connectivity index (χ0v) is 11.7. The molecule has 0 unspecified atom stereocenters. The average molecular weight is 291 g/mol. The van der Waals surface area contributed by atoms with Crippen molar-refractivity contribution in [3.8, 4) is 11.5 Å². The second-order valence-electron chi connectivity index (χ2n) is 5.57. The first kappa shape index (κ1) is 12.1. The number of ether oxygens (including phenoxy) is 2. The fourth-order valence-corrected chi connectivity index (χ4v) is 2.87. The van der Waals surface area contributed by atoms with Gasteiger partial charge in [-0.3, -0.25) is 0 Å². The summed E-state index contributed by atoms with van der Waals surface area (Å²) in [4.78, 5) is 4.45. The number of pyridine rings is 1. The van der Waals surface area contributed by atoms with E-state index in [1.807, 2.05) is 24.4 Å². The van der Waals surface area contributed by atoms with Crippen LogP contribution in [0.5, 0.6) is 11.5 Å². The molecule has 1 fully saturated rings. The van der Waals surface area contributed by atoms with Gasteiger partial charge in [0.05, 0.1) is 0 Å². The Balaban J connectivity index is 1.68. The summed E-state index contributed by atoms with van der Waals surface area (Å²) in [5.41, 5.74) is 0.266. The zero-order chi connectivity index (χ0) is 13.6. The molecule has 5 heteroatoms. The number of fused-ring (bicyclic) bond motifs is 2. The van der Waals surface area contributed by atoms with Crippen molar-refractivity contribution in [2.24, 2.45) is 5.41 Å². The highest BCUT2D eigenvalue weighted by Crippen LogP contribution is 2.46. The largest absolute Gasteiger partial charge is 0.454 e. The van der Waals surface area contributed by atoms with E-state index in [1.54, 1.807) is 0 Å². The van der Waals surface area contributed by atoms with Crippen LogP contribution in [0.15, 0.2) is 24.4 Å². The Kier molecular flexibility index (Phi) is 2.67. The summed E-state index contributed by atoms with van der Waals surface area (Å²) in [5, 5.41) is 5.60. The van der Waals surface area contributed by atoms with Crippen molar-refractivity contribution in [3.05, 3.63) is 24.4 Å². The molecule has 1 aromatic carbocycles. The molecular weight excluding hydrogens is 276 g/mol. The van der Waals surface area contributed by atoms with Crippen LogP contribution in [0, 0.1) is 5.41 Å². The van der Waals surface area contributed by atoms with Gasteiger partial charge in [0.2, 0.25) is 6.79 Å². The van der Waals surface area contributed by atoms with Gasteiger partial charge in [0, 0.05) is 29.4 Å². The van der Waals surface area contributed by atoms with Crippen LogP contribution in [0.3, 0.4) is 0 Å². The highest BCUT2D eigenvalue weighted by atomic mass is 35.5. The van der Waals surface area contributed by atoms with Crippen LogP contribution in [0.25, 0.3) is 10.8 Å². The second kappa shape index (κ2) is 4.42. The molecule has 0 atom stereocenters. The molecule has 0 bridgehead atoms. The Bertz CT molecular complexity index is 670. The van der Waals surface area contributed by atoms with Gasteiger partial charge in [-0.1, -0.05) is 0 Å². The third-order valence-corrected chi connectivity index (χ3v) is 4.70. The maximum atomic E-state index is 6.02. The first-order valence-electron chi connectivity index (χ1n) is 6.78. The lowest BCUT2D eigenvalue weighted by Gasteiger charge is -2.14. The van der Waals surface area contributed by atoms with Gasteiger partial charge in [0.1, 0.15) is 5.82 Å². The summed E-state index contributed by atoms with van der Waals surface area (Å²) < 4.78 is 10.8. The van der Waals surface area contributed by atoms with Crippen molar-refractivity contribution >= 4 is 28.2 Å². The first-order chi connectivity index (χ1) is 9.80. The number of nitrogens with one attached hydrogen (secondary N) is 1. The van der Waals surface area contributed by atoms with Crippen LogP contribution in [0.4, 0.5) is 5.82 Å². The molecule has 0 radical (unpaired) electrons. The van der Waals surface area contributed by atoms with Crippen LogP contribution in [0.1, 0.15) is 12.8 Å². The molecule has 20 heavy (non-hydrogen) atoms. The summed E-state index contributed by atoms with van der Waals surface area (Å²) in [7, 11) is 0. The lowest BCUT2D eigenvalue weighted by Crippen LogP contribution is -2.17. The van der Waals surface area contributed by atoms with Crippen LogP contribution in [0.2, 0.25) is 0 Å². The van der Waals surface area contributed by atoms with Crippen molar-refractivity contribution in [2.45, 2.75) is 12.8 Å². The second-order valence-corrected chi connectivity index (χ2v) is 5.84. The van der Waals surface area contributed by atoms with Gasteiger partial charge in [0.15, 0.2) is 11.5 Å². The van der Waals surface area contributed by atoms with Gasteiger partial charge in [-0.15, -0.1) is 11.6 Å². The molecule has 1 aromatic heterocycles. The summed E-state index contributed by atoms with van der Waals surface area (Å²) >= 11 is 6.02. The fraction of sp³-hybridized carbons (Fsp3) is 0.400. The molecule has 2 heterocycles. The minimum atomic E-state index is 0.266. The predicted molar refractivity (Wildman–Crippen MR) is 78.7 cm³/mol. The van der Waals surface area contributed by atoms with E-state index in [1.165, 1.54) is 12.8 Å². The van der Waals surface area contributed by atoms with E-state index in [2.05, 4.69) is 10.3 Å². The molecule has 1 aliphatic carbocycles. The number of halogens is 1. The number of alkyl halides is 1. The van der Waals surface area contributed by atoms with E-state index in [0.29, 0.717) is 5.88 Å². The SMILES string of the molecule is ClCC1(CNc2nccc3cc4c(cc23)OCO4)CC1. The van der Waals surface area contributed by atoms with Gasteiger partial charge in [-0.25, -0.2) is 4.98 Å². The van der Waals surface area contributed by atoms with E-state index in [-0.39, 0.29) is 12.2 Å². The van der Waals surface area contributed by atoms with E-state index >= 15 is 0 Å². The molecule has 2 aliphatic rings. The fourth-order valence-electron chi connectivity index (χ4n) is 2.51. The summed E-state index contributed by atoms with van der Waals surface area (Å²) in [6, 6.07) is 5.98. The predicted octanol–water partition coefficient (Wildman–Crippen LogP) is 3.39. The highest BCUT2D eigenvalue weighted by Gasteiger charge is 2.41. The molecule has 104 valence electrons. The topological polar surface area (TPSA) is 43.4 Å². The summed E-state index contributed by atoms with van der Waals surface area (Å²) in [5.74, 6) is 3.18. The number of aromatic nitrogens is 1.